The van der Waals surface area contributed by atoms with Crippen LogP contribution in [0.3, 0.4) is 0 Å². The summed E-state index contributed by atoms with van der Waals surface area (Å²) in [5.74, 6) is -1.35. The standard InChI is InChI=1S/C13H17N7O5/c1-4-17-6-10(8(2)15-17)5-14-11(21)7-18-9(3)12(19(22)23)13(16-18)20(24)25/h6H,4-5,7H2,1-3H3,(H,14,21). The maximum atomic E-state index is 12.0. The average Bonchev–Trinajstić information content (AvgIpc) is 3.06. The zero-order valence-corrected chi connectivity index (χ0v) is 13.9. The highest BCUT2D eigenvalue weighted by molar-refractivity contribution is 5.76. The molecule has 0 fully saturated rings. The van der Waals surface area contributed by atoms with Crippen LogP contribution in [0.2, 0.25) is 0 Å². The smallest absolute Gasteiger partial charge is 0.358 e. The highest BCUT2D eigenvalue weighted by Gasteiger charge is 2.35. The van der Waals surface area contributed by atoms with Gasteiger partial charge in [-0.15, -0.1) is 0 Å². The van der Waals surface area contributed by atoms with Crippen molar-refractivity contribution in [1.29, 1.82) is 0 Å². The Hall–Kier alpha value is -3.31. The molecule has 25 heavy (non-hydrogen) atoms. The Morgan fingerprint density at radius 1 is 1.24 bits per heavy atom. The van der Waals surface area contributed by atoms with Crippen LogP contribution in [0.1, 0.15) is 23.9 Å². The quantitative estimate of drug-likeness (QED) is 0.573. The van der Waals surface area contributed by atoms with Crippen LogP contribution >= 0.6 is 0 Å². The van der Waals surface area contributed by atoms with E-state index in [0.29, 0.717) is 6.54 Å². The number of hydrogen-bond acceptors (Lipinski definition) is 7. The van der Waals surface area contributed by atoms with Crippen molar-refractivity contribution in [3.8, 4) is 0 Å². The van der Waals surface area contributed by atoms with Gasteiger partial charge in [0.15, 0.2) is 0 Å². The molecule has 0 bridgehead atoms. The van der Waals surface area contributed by atoms with E-state index in [1.807, 2.05) is 20.0 Å². The van der Waals surface area contributed by atoms with Gasteiger partial charge in [0.05, 0.1) is 15.7 Å². The molecule has 134 valence electrons. The summed E-state index contributed by atoms with van der Waals surface area (Å²) in [6, 6.07) is 0. The van der Waals surface area contributed by atoms with Crippen molar-refractivity contribution in [2.24, 2.45) is 0 Å². The van der Waals surface area contributed by atoms with E-state index < -0.39 is 27.3 Å². The van der Waals surface area contributed by atoms with Gasteiger partial charge in [0, 0.05) is 24.8 Å². The molecule has 2 heterocycles. The van der Waals surface area contributed by atoms with E-state index in [4.69, 9.17) is 0 Å². The summed E-state index contributed by atoms with van der Waals surface area (Å²) >= 11 is 0. The Bertz CT molecular complexity index is 838. The van der Waals surface area contributed by atoms with Gasteiger partial charge in [-0.1, -0.05) is 0 Å². The van der Waals surface area contributed by atoms with Gasteiger partial charge < -0.3 is 15.4 Å². The lowest BCUT2D eigenvalue weighted by Crippen LogP contribution is -2.28. The van der Waals surface area contributed by atoms with Crippen molar-refractivity contribution in [3.63, 3.8) is 0 Å². The summed E-state index contributed by atoms with van der Waals surface area (Å²) in [5, 5.41) is 32.3. The van der Waals surface area contributed by atoms with Crippen LogP contribution in [0.4, 0.5) is 11.5 Å². The largest absolute Gasteiger partial charge is 0.468 e. The molecule has 2 rings (SSSR count). The van der Waals surface area contributed by atoms with Crippen molar-refractivity contribution in [3.05, 3.63) is 43.4 Å². The number of carbonyl (C=O) groups is 1. The van der Waals surface area contributed by atoms with E-state index in [0.717, 1.165) is 15.9 Å². The lowest BCUT2D eigenvalue weighted by molar-refractivity contribution is -0.424. The van der Waals surface area contributed by atoms with Crippen LogP contribution in [0.25, 0.3) is 0 Å². The predicted molar refractivity (Wildman–Crippen MR) is 84.8 cm³/mol. The summed E-state index contributed by atoms with van der Waals surface area (Å²) in [7, 11) is 0. The van der Waals surface area contributed by atoms with E-state index >= 15 is 0 Å². The second-order valence-corrected chi connectivity index (χ2v) is 5.30. The van der Waals surface area contributed by atoms with E-state index in [9.17, 15) is 25.0 Å². The van der Waals surface area contributed by atoms with Gasteiger partial charge in [-0.25, -0.2) is 0 Å². The number of nitro groups is 2. The second-order valence-electron chi connectivity index (χ2n) is 5.30. The summed E-state index contributed by atoms with van der Waals surface area (Å²) in [5.41, 5.74) is 0.854. The van der Waals surface area contributed by atoms with E-state index in [-0.39, 0.29) is 18.8 Å². The molecule has 0 aromatic carbocycles. The van der Waals surface area contributed by atoms with Crippen molar-refractivity contribution < 1.29 is 14.6 Å². The molecule has 0 saturated heterocycles. The minimum Gasteiger partial charge on any atom is -0.358 e. The zero-order valence-electron chi connectivity index (χ0n) is 13.9. The number of aryl methyl sites for hydroxylation is 2. The third-order valence-corrected chi connectivity index (χ3v) is 3.65. The number of rotatable bonds is 7. The molecule has 2 aromatic rings. The fourth-order valence-corrected chi connectivity index (χ4v) is 2.29. The molecule has 1 N–H and O–H groups in total. The number of nitrogens with one attached hydrogen (secondary N) is 1. The zero-order chi connectivity index (χ0) is 18.7. The van der Waals surface area contributed by atoms with Crippen LogP contribution in [0.5, 0.6) is 0 Å². The Labute approximate surface area is 141 Å². The average molecular weight is 351 g/mol. The molecule has 2 aromatic heterocycles. The maximum absolute atomic E-state index is 12.0. The van der Waals surface area contributed by atoms with Crippen molar-refractivity contribution in [2.75, 3.05) is 0 Å². The molecule has 0 aliphatic rings. The van der Waals surface area contributed by atoms with Crippen LogP contribution < -0.4 is 5.32 Å². The van der Waals surface area contributed by atoms with Crippen LogP contribution in [0, 0.1) is 34.1 Å². The third kappa shape index (κ3) is 3.79. The number of carbonyl (C=O) groups excluding carboxylic acids is 1. The highest BCUT2D eigenvalue weighted by Crippen LogP contribution is 2.28. The molecule has 1 amide bonds. The first-order valence-corrected chi connectivity index (χ1v) is 7.40. The van der Waals surface area contributed by atoms with Gasteiger partial charge in [0.2, 0.25) is 5.91 Å². The first-order valence-electron chi connectivity index (χ1n) is 7.40. The van der Waals surface area contributed by atoms with Crippen LogP contribution in [-0.4, -0.2) is 35.3 Å². The summed E-state index contributed by atoms with van der Waals surface area (Å²) in [4.78, 5) is 32.1. The molecular weight excluding hydrogens is 334 g/mol. The van der Waals surface area contributed by atoms with Gasteiger partial charge >= 0.3 is 11.5 Å². The van der Waals surface area contributed by atoms with Gasteiger partial charge in [0.1, 0.15) is 12.2 Å². The maximum Gasteiger partial charge on any atom is 0.468 e. The third-order valence-electron chi connectivity index (χ3n) is 3.65. The monoisotopic (exact) mass is 351 g/mol. The molecular formula is C13H17N7O5. The van der Waals surface area contributed by atoms with Gasteiger partial charge in [-0.3, -0.25) is 19.6 Å². The summed E-state index contributed by atoms with van der Waals surface area (Å²) in [6.07, 6.45) is 1.81. The predicted octanol–water partition coefficient (Wildman–Crippen LogP) is 0.849. The Balaban J connectivity index is 2.10. The first-order chi connectivity index (χ1) is 11.7. The van der Waals surface area contributed by atoms with Crippen LogP contribution in [0.15, 0.2) is 6.20 Å². The fourth-order valence-electron chi connectivity index (χ4n) is 2.29. The van der Waals surface area contributed by atoms with E-state index in [1.54, 1.807) is 4.68 Å². The number of aromatic nitrogens is 4. The SMILES string of the molecule is CCn1cc(CNC(=O)Cn2nc([N+](=O)[O-])c([N+](=O)[O-])c2C)c(C)n1. The van der Waals surface area contributed by atoms with Crippen molar-refractivity contribution >= 4 is 17.4 Å². The first kappa shape index (κ1) is 18.0. The van der Waals surface area contributed by atoms with E-state index in [2.05, 4.69) is 15.5 Å². The van der Waals surface area contributed by atoms with Crippen molar-refractivity contribution in [2.45, 2.75) is 40.4 Å². The highest BCUT2D eigenvalue weighted by atomic mass is 16.6. The van der Waals surface area contributed by atoms with E-state index in [1.165, 1.54) is 6.92 Å². The van der Waals surface area contributed by atoms with Gasteiger partial charge in [-0.2, -0.15) is 9.78 Å². The normalized spacial score (nSPS) is 10.7. The minimum atomic E-state index is -0.942. The summed E-state index contributed by atoms with van der Waals surface area (Å²) < 4.78 is 2.69. The lowest BCUT2D eigenvalue weighted by atomic mass is 10.2. The molecule has 0 aliphatic carbocycles. The van der Waals surface area contributed by atoms with Crippen molar-refractivity contribution in [1.82, 2.24) is 24.9 Å². The Morgan fingerprint density at radius 2 is 1.92 bits per heavy atom. The van der Waals surface area contributed by atoms with Gasteiger partial charge in [0.25, 0.3) is 0 Å². The molecule has 12 heteroatoms. The summed E-state index contributed by atoms with van der Waals surface area (Å²) in [6.45, 7) is 5.64. The van der Waals surface area contributed by atoms with Crippen LogP contribution in [-0.2, 0) is 24.4 Å². The molecule has 0 saturated carbocycles. The topological polar surface area (TPSA) is 151 Å². The Morgan fingerprint density at radius 3 is 2.40 bits per heavy atom. The second kappa shape index (κ2) is 7.07. The molecule has 0 atom stereocenters. The number of nitrogens with zero attached hydrogens (tertiary/aromatic N) is 6. The fraction of sp³-hybridized carbons (Fsp3) is 0.462. The lowest BCUT2D eigenvalue weighted by Gasteiger charge is -2.03. The number of hydrogen-bond donors (Lipinski definition) is 1. The molecule has 0 unspecified atom stereocenters. The minimum absolute atomic E-state index is 0.0539. The van der Waals surface area contributed by atoms with Gasteiger partial charge in [-0.05, 0) is 25.7 Å². The molecule has 12 nitrogen and oxygen atoms in total. The molecule has 0 spiro atoms. The molecule has 0 aliphatic heterocycles. The Kier molecular flexibility index (Phi) is 5.10. The molecule has 0 radical (unpaired) electrons. The number of amides is 1.